The van der Waals surface area contributed by atoms with Crippen molar-refractivity contribution in [2.24, 2.45) is 0 Å². The molecule has 0 saturated carbocycles. The van der Waals surface area contributed by atoms with Gasteiger partial charge in [0.05, 0.1) is 19.8 Å². The lowest BCUT2D eigenvalue weighted by Gasteiger charge is -2.05. The van der Waals surface area contributed by atoms with Gasteiger partial charge in [0.25, 0.3) is 0 Å². The monoisotopic (exact) mass is 470 g/mol. The molecule has 0 rings (SSSR count). The molecule has 188 valence electrons. The summed E-state index contributed by atoms with van der Waals surface area (Å²) in [6, 6.07) is 0. The number of carbonyl (C=O) groups is 5. The minimum absolute atomic E-state index is 0.0648. The molecule has 33 heavy (non-hydrogen) atoms. The maximum absolute atomic E-state index is 10.9. The van der Waals surface area contributed by atoms with E-state index in [0.717, 1.165) is 0 Å². The van der Waals surface area contributed by atoms with Gasteiger partial charge in [-0.1, -0.05) is 19.7 Å². The Morgan fingerprint density at radius 2 is 0.939 bits per heavy atom. The van der Waals surface area contributed by atoms with Crippen LogP contribution in [-0.2, 0) is 38.2 Å². The van der Waals surface area contributed by atoms with E-state index in [2.05, 4.69) is 30.4 Å². The van der Waals surface area contributed by atoms with Crippen molar-refractivity contribution in [1.29, 1.82) is 0 Å². The van der Waals surface area contributed by atoms with Crippen molar-refractivity contribution in [2.45, 2.75) is 41.5 Å². The van der Waals surface area contributed by atoms with Gasteiger partial charge in [-0.3, -0.25) is 14.4 Å². The summed E-state index contributed by atoms with van der Waals surface area (Å²) < 4.78 is 14.6. The van der Waals surface area contributed by atoms with E-state index in [4.69, 9.17) is 14.2 Å². The average Bonchev–Trinajstić information content (AvgIpc) is 2.70. The first kappa shape index (κ1) is 34.3. The number of Topliss-reactive ketones (excluding diaryl/α,β-unsaturated/α-hetero) is 1. The lowest BCUT2D eigenvalue weighted by molar-refractivity contribution is -0.140. The second kappa shape index (κ2) is 21.9. The number of carbonyl (C=O) groups excluding carboxylic acids is 5. The SMILES string of the molecule is C=C(C)C(=O)OCCNC(C)=O.C=C(C)C(=O)OCCOCCNC(C)=O.C=C(C)C(C)=O. The highest BCUT2D eigenvalue weighted by atomic mass is 16.6. The quantitative estimate of drug-likeness (QED) is 0.250. The number of hydrogen-bond donors (Lipinski definition) is 2. The predicted octanol–water partition coefficient (Wildman–Crippen LogP) is 1.65. The van der Waals surface area contributed by atoms with Crippen molar-refractivity contribution < 1.29 is 38.2 Å². The summed E-state index contributed by atoms with van der Waals surface area (Å²) in [5, 5.41) is 5.07. The van der Waals surface area contributed by atoms with Gasteiger partial charge in [-0.25, -0.2) is 9.59 Å². The maximum atomic E-state index is 10.9. The fourth-order valence-electron chi connectivity index (χ4n) is 1.21. The Morgan fingerprint density at radius 1 is 0.576 bits per heavy atom. The van der Waals surface area contributed by atoms with Crippen molar-refractivity contribution >= 4 is 29.5 Å². The zero-order valence-corrected chi connectivity index (χ0v) is 20.6. The van der Waals surface area contributed by atoms with Crippen LogP contribution in [0.2, 0.25) is 0 Å². The molecule has 0 aliphatic carbocycles. The Morgan fingerprint density at radius 3 is 1.27 bits per heavy atom. The zero-order chi connectivity index (χ0) is 26.4. The smallest absolute Gasteiger partial charge is 0.333 e. The molecule has 0 saturated heterocycles. The Hall–Kier alpha value is -3.27. The van der Waals surface area contributed by atoms with Crippen molar-refractivity contribution in [3.63, 3.8) is 0 Å². The van der Waals surface area contributed by atoms with E-state index < -0.39 is 11.9 Å². The van der Waals surface area contributed by atoms with Crippen LogP contribution in [0, 0.1) is 0 Å². The Labute approximate surface area is 196 Å². The molecule has 0 atom stereocenters. The average molecular weight is 471 g/mol. The van der Waals surface area contributed by atoms with E-state index in [-0.39, 0.29) is 30.8 Å². The molecule has 10 nitrogen and oxygen atoms in total. The summed E-state index contributed by atoms with van der Waals surface area (Å²) in [5.41, 5.74) is 1.35. The molecule has 0 heterocycles. The molecule has 0 unspecified atom stereocenters. The van der Waals surface area contributed by atoms with Crippen LogP contribution < -0.4 is 10.6 Å². The fraction of sp³-hybridized carbons (Fsp3) is 0.522. The third kappa shape index (κ3) is 31.0. The van der Waals surface area contributed by atoms with Gasteiger partial charge in [0, 0.05) is 31.5 Å². The molecule has 0 aromatic rings. The molecule has 0 spiro atoms. The third-order valence-corrected chi connectivity index (χ3v) is 3.09. The van der Waals surface area contributed by atoms with E-state index in [1.165, 1.54) is 20.8 Å². The summed E-state index contributed by atoms with van der Waals surface area (Å²) in [6.45, 7) is 21.4. The van der Waals surface area contributed by atoms with Crippen LogP contribution in [0.25, 0.3) is 0 Å². The van der Waals surface area contributed by atoms with Gasteiger partial charge in [0.2, 0.25) is 11.8 Å². The molecule has 0 aliphatic heterocycles. The maximum Gasteiger partial charge on any atom is 0.333 e. The zero-order valence-electron chi connectivity index (χ0n) is 20.6. The lowest BCUT2D eigenvalue weighted by Crippen LogP contribution is -2.25. The molecule has 0 radical (unpaired) electrons. The van der Waals surface area contributed by atoms with E-state index in [1.807, 2.05) is 0 Å². The number of ether oxygens (including phenoxy) is 3. The van der Waals surface area contributed by atoms with Crippen LogP contribution in [0.3, 0.4) is 0 Å². The van der Waals surface area contributed by atoms with E-state index >= 15 is 0 Å². The molecular formula is C23H38N2O8. The van der Waals surface area contributed by atoms with Gasteiger partial charge >= 0.3 is 11.9 Å². The molecule has 10 heteroatoms. The van der Waals surface area contributed by atoms with Crippen molar-refractivity contribution in [3.05, 3.63) is 36.5 Å². The van der Waals surface area contributed by atoms with E-state index in [0.29, 0.717) is 43.0 Å². The molecule has 2 N–H and O–H groups in total. The highest BCUT2D eigenvalue weighted by Crippen LogP contribution is 1.91. The van der Waals surface area contributed by atoms with Crippen LogP contribution in [0.4, 0.5) is 0 Å². The Balaban J connectivity index is -0.000000446. The molecule has 0 aromatic heterocycles. The number of hydrogen-bond acceptors (Lipinski definition) is 8. The number of nitrogens with one attached hydrogen (secondary N) is 2. The fourth-order valence-corrected chi connectivity index (χ4v) is 1.21. The first-order valence-electron chi connectivity index (χ1n) is 10.1. The summed E-state index contributed by atoms with van der Waals surface area (Å²) in [7, 11) is 0. The lowest BCUT2D eigenvalue weighted by atomic mass is 10.3. The number of allylic oxidation sites excluding steroid dienone is 1. The first-order chi connectivity index (χ1) is 15.2. The Kier molecular flexibility index (Phi) is 22.8. The molecule has 0 bridgehead atoms. The summed E-state index contributed by atoms with van der Waals surface area (Å²) >= 11 is 0. The molecule has 0 aromatic carbocycles. The standard InChI is InChI=1S/C10H17NO4.C8H13NO3.C5H8O/c1-8(2)10(13)15-7-6-14-5-4-11-9(3)12;1-6(2)8(11)12-5-4-9-7(3)10;1-4(2)5(3)6/h1,4-7H2,2-3H3,(H,11,12);1,4-5H2,2-3H3,(H,9,10);1H2,2-3H3. The molecule has 0 fully saturated rings. The van der Waals surface area contributed by atoms with Gasteiger partial charge in [-0.05, 0) is 33.3 Å². The largest absolute Gasteiger partial charge is 0.460 e. The number of amides is 2. The number of rotatable bonds is 12. The van der Waals surface area contributed by atoms with Crippen LogP contribution in [0.1, 0.15) is 41.5 Å². The van der Waals surface area contributed by atoms with Crippen molar-refractivity contribution in [3.8, 4) is 0 Å². The van der Waals surface area contributed by atoms with E-state index in [1.54, 1.807) is 20.8 Å². The number of ketones is 1. The van der Waals surface area contributed by atoms with Crippen LogP contribution in [0.5, 0.6) is 0 Å². The summed E-state index contributed by atoms with van der Waals surface area (Å²) in [4.78, 5) is 52.5. The third-order valence-electron chi connectivity index (χ3n) is 3.09. The predicted molar refractivity (Wildman–Crippen MR) is 125 cm³/mol. The van der Waals surface area contributed by atoms with Gasteiger partial charge < -0.3 is 24.8 Å². The normalized spacial score (nSPS) is 8.91. The second-order valence-electron chi connectivity index (χ2n) is 6.75. The summed E-state index contributed by atoms with van der Waals surface area (Å²) in [6.07, 6.45) is 0. The van der Waals surface area contributed by atoms with Crippen molar-refractivity contribution in [2.75, 3.05) is 39.5 Å². The van der Waals surface area contributed by atoms with E-state index in [9.17, 15) is 24.0 Å². The number of esters is 2. The van der Waals surface area contributed by atoms with Gasteiger partial charge in [-0.2, -0.15) is 0 Å². The Bertz CT molecular complexity index is 687. The minimum atomic E-state index is -0.430. The molecular weight excluding hydrogens is 432 g/mol. The molecule has 0 aliphatic rings. The summed E-state index contributed by atoms with van der Waals surface area (Å²) in [5.74, 6) is -1.01. The van der Waals surface area contributed by atoms with Gasteiger partial charge in [0.15, 0.2) is 5.78 Å². The highest BCUT2D eigenvalue weighted by Gasteiger charge is 2.02. The first-order valence-corrected chi connectivity index (χ1v) is 10.1. The minimum Gasteiger partial charge on any atom is -0.460 e. The van der Waals surface area contributed by atoms with Crippen LogP contribution in [0.15, 0.2) is 36.5 Å². The van der Waals surface area contributed by atoms with Gasteiger partial charge in [0.1, 0.15) is 13.2 Å². The van der Waals surface area contributed by atoms with Crippen LogP contribution in [-0.4, -0.2) is 69.1 Å². The highest BCUT2D eigenvalue weighted by molar-refractivity contribution is 5.91. The molecule has 2 amide bonds. The van der Waals surface area contributed by atoms with Crippen LogP contribution >= 0.6 is 0 Å². The second-order valence-corrected chi connectivity index (χ2v) is 6.75. The van der Waals surface area contributed by atoms with Gasteiger partial charge in [-0.15, -0.1) is 0 Å². The topological polar surface area (TPSA) is 137 Å². The van der Waals surface area contributed by atoms with Crippen molar-refractivity contribution in [1.82, 2.24) is 10.6 Å².